The molecule has 1 atom stereocenters. The van der Waals surface area contributed by atoms with Gasteiger partial charge in [0.15, 0.2) is 22.9 Å². The van der Waals surface area contributed by atoms with Crippen molar-refractivity contribution in [3.05, 3.63) is 121 Å². The molecule has 232 valence electrons. The number of esters is 2. The van der Waals surface area contributed by atoms with E-state index in [1.165, 1.54) is 16.7 Å². The lowest BCUT2D eigenvalue weighted by Crippen LogP contribution is -2.40. The van der Waals surface area contributed by atoms with E-state index in [-0.39, 0.29) is 31.0 Å². The average molecular weight is 631 g/mol. The van der Waals surface area contributed by atoms with E-state index in [9.17, 15) is 18.8 Å². The van der Waals surface area contributed by atoms with E-state index in [0.29, 0.717) is 49.8 Å². The first-order chi connectivity index (χ1) is 21.8. The number of halogens is 1. The van der Waals surface area contributed by atoms with Crippen molar-refractivity contribution in [3.63, 3.8) is 0 Å². The summed E-state index contributed by atoms with van der Waals surface area (Å²) >= 11 is 1.16. The van der Waals surface area contributed by atoms with Crippen LogP contribution in [0.15, 0.2) is 88.2 Å². The fraction of sp³-hybridized carbons (Fsp3) is 0.235. The van der Waals surface area contributed by atoms with Crippen molar-refractivity contribution >= 4 is 35.0 Å². The van der Waals surface area contributed by atoms with Crippen LogP contribution in [0.5, 0.6) is 11.5 Å². The molecule has 1 aromatic heterocycles. The molecule has 0 unspecified atom stereocenters. The minimum Gasteiger partial charge on any atom is -0.490 e. The van der Waals surface area contributed by atoms with Crippen LogP contribution in [0.4, 0.5) is 4.39 Å². The molecule has 0 N–H and O–H groups in total. The number of thiazole rings is 1. The maximum Gasteiger partial charge on any atom is 0.344 e. The molecule has 0 aliphatic carbocycles. The van der Waals surface area contributed by atoms with Gasteiger partial charge in [-0.2, -0.15) is 0 Å². The summed E-state index contributed by atoms with van der Waals surface area (Å²) in [6.07, 6.45) is 1.69. The second-order valence-electron chi connectivity index (χ2n) is 9.72. The Morgan fingerprint density at radius 3 is 2.33 bits per heavy atom. The molecule has 3 aromatic carbocycles. The first-order valence-corrected chi connectivity index (χ1v) is 15.2. The Kier molecular flexibility index (Phi) is 9.89. The number of ether oxygens (including phenoxy) is 4. The third-order valence-corrected chi connectivity index (χ3v) is 7.76. The van der Waals surface area contributed by atoms with Crippen molar-refractivity contribution in [3.8, 4) is 11.5 Å². The van der Waals surface area contributed by atoms with Gasteiger partial charge in [0.05, 0.1) is 41.7 Å². The molecule has 45 heavy (non-hydrogen) atoms. The maximum absolute atomic E-state index is 14.1. The minimum atomic E-state index is -0.920. The molecule has 0 spiro atoms. The van der Waals surface area contributed by atoms with E-state index < -0.39 is 23.8 Å². The topological polar surface area (TPSA) is 105 Å². The highest BCUT2D eigenvalue weighted by atomic mass is 32.1. The van der Waals surface area contributed by atoms with E-state index in [2.05, 4.69) is 0 Å². The number of hydrogen-bond acceptors (Lipinski definition) is 9. The zero-order chi connectivity index (χ0) is 31.9. The highest BCUT2D eigenvalue weighted by Gasteiger charge is 2.35. The molecule has 9 nitrogen and oxygen atoms in total. The molecule has 0 radical (unpaired) electrons. The Morgan fingerprint density at radius 1 is 0.911 bits per heavy atom. The van der Waals surface area contributed by atoms with Crippen LogP contribution in [-0.4, -0.2) is 42.9 Å². The molecule has 1 aliphatic rings. The zero-order valence-corrected chi connectivity index (χ0v) is 25.8. The number of carbonyl (C=O) groups excluding carboxylic acids is 2. The molecular weight excluding hydrogens is 599 g/mol. The minimum absolute atomic E-state index is 0.118. The maximum atomic E-state index is 14.1. The molecule has 0 saturated carbocycles. The van der Waals surface area contributed by atoms with Crippen molar-refractivity contribution in [2.24, 2.45) is 4.99 Å². The van der Waals surface area contributed by atoms with Gasteiger partial charge in [0.2, 0.25) is 0 Å². The third-order valence-electron chi connectivity index (χ3n) is 6.78. The van der Waals surface area contributed by atoms with E-state index >= 15 is 0 Å². The first kappa shape index (κ1) is 31.4. The third kappa shape index (κ3) is 6.88. The Labute approximate surface area is 262 Å². The van der Waals surface area contributed by atoms with Crippen LogP contribution in [0, 0.1) is 5.82 Å². The zero-order valence-electron chi connectivity index (χ0n) is 24.9. The van der Waals surface area contributed by atoms with Crippen LogP contribution < -0.4 is 24.4 Å². The average Bonchev–Trinajstić information content (AvgIpc) is 3.35. The summed E-state index contributed by atoms with van der Waals surface area (Å²) in [6.45, 7) is 5.66. The highest BCUT2D eigenvalue weighted by Crippen LogP contribution is 2.35. The number of benzene rings is 3. The summed E-state index contributed by atoms with van der Waals surface area (Å²) in [5.41, 5.74) is 2.00. The van der Waals surface area contributed by atoms with Gasteiger partial charge < -0.3 is 18.9 Å². The molecule has 2 heterocycles. The van der Waals surface area contributed by atoms with Gasteiger partial charge in [-0.25, -0.2) is 19.0 Å². The fourth-order valence-electron chi connectivity index (χ4n) is 4.89. The van der Waals surface area contributed by atoms with Gasteiger partial charge in [-0.05, 0) is 62.2 Å². The van der Waals surface area contributed by atoms with Gasteiger partial charge >= 0.3 is 11.9 Å². The molecule has 0 saturated heterocycles. The Hall–Kier alpha value is -5.03. The summed E-state index contributed by atoms with van der Waals surface area (Å²) in [7, 11) is 0. The lowest BCUT2D eigenvalue weighted by atomic mass is 9.93. The van der Waals surface area contributed by atoms with Crippen LogP contribution in [-0.2, 0) is 19.1 Å². The highest BCUT2D eigenvalue weighted by molar-refractivity contribution is 7.07. The largest absolute Gasteiger partial charge is 0.490 e. The molecule has 5 rings (SSSR count). The van der Waals surface area contributed by atoms with Gasteiger partial charge in [0, 0.05) is 5.56 Å². The van der Waals surface area contributed by atoms with Crippen LogP contribution in [0.1, 0.15) is 43.5 Å². The fourth-order valence-corrected chi connectivity index (χ4v) is 5.89. The number of aromatic nitrogens is 1. The van der Waals surface area contributed by atoms with Crippen molar-refractivity contribution in [1.29, 1.82) is 0 Å². The predicted octanol–water partition coefficient (Wildman–Crippen LogP) is 4.42. The van der Waals surface area contributed by atoms with Gasteiger partial charge in [-0.15, -0.1) is 0 Å². The summed E-state index contributed by atoms with van der Waals surface area (Å²) in [5, 5.41) is 0. The Balaban J connectivity index is 1.67. The van der Waals surface area contributed by atoms with Crippen molar-refractivity contribution < 1.29 is 32.9 Å². The number of nitrogens with zero attached hydrogens (tertiary/aromatic N) is 2. The smallest absolute Gasteiger partial charge is 0.344 e. The van der Waals surface area contributed by atoms with E-state index in [1.54, 1.807) is 50.3 Å². The number of hydrogen-bond donors (Lipinski definition) is 0. The van der Waals surface area contributed by atoms with E-state index in [0.717, 1.165) is 11.3 Å². The molecule has 0 bridgehead atoms. The predicted molar refractivity (Wildman–Crippen MR) is 167 cm³/mol. The second-order valence-corrected chi connectivity index (χ2v) is 10.7. The van der Waals surface area contributed by atoms with Crippen molar-refractivity contribution in [1.82, 2.24) is 4.57 Å². The molecule has 0 fully saturated rings. The molecule has 11 heteroatoms. The normalized spacial score (nSPS) is 14.4. The molecule has 0 amide bonds. The summed E-state index contributed by atoms with van der Waals surface area (Å²) in [5.74, 6) is -0.827. The second kappa shape index (κ2) is 14.2. The number of fused-ring (bicyclic) bond motifs is 1. The molecule has 1 aliphatic heterocycles. The van der Waals surface area contributed by atoms with Gasteiger partial charge in [0.25, 0.3) is 5.56 Å². The van der Waals surface area contributed by atoms with Crippen LogP contribution in [0.2, 0.25) is 0 Å². The molecular formula is C34H31FN2O7S. The SMILES string of the molecule is CCOC(=O)COc1ccc(/C=c2\sc3n(c2=O)[C@H](c2ccc(F)cc2)C(C(=O)OCC)=C(c2ccccc2)N=3)cc1OCC. The monoisotopic (exact) mass is 630 g/mol. The van der Waals surface area contributed by atoms with Crippen LogP contribution in [0.3, 0.4) is 0 Å². The van der Waals surface area contributed by atoms with E-state index in [4.69, 9.17) is 23.9 Å². The Bertz CT molecular complexity index is 1910. The summed E-state index contributed by atoms with van der Waals surface area (Å²) < 4.78 is 37.5. The Morgan fingerprint density at radius 2 is 1.64 bits per heavy atom. The molecule has 4 aromatic rings. The lowest BCUT2D eigenvalue weighted by Gasteiger charge is -2.25. The van der Waals surface area contributed by atoms with Crippen molar-refractivity contribution in [2.75, 3.05) is 26.4 Å². The summed E-state index contributed by atoms with van der Waals surface area (Å²) in [6, 6.07) is 19.0. The standard InChI is InChI=1S/C34H31FN2O7S/c1-4-41-26-18-21(12-17-25(26)44-20-28(38)42-5-2)19-27-32(39)37-31(23-13-15-24(35)16-14-23)29(33(40)43-6-3)30(36-34(37)45-27)22-10-8-7-9-11-22/h7-19,31H,4-6,20H2,1-3H3/b27-19-/t31-/m1/s1. The van der Waals surface area contributed by atoms with Crippen molar-refractivity contribution in [2.45, 2.75) is 26.8 Å². The first-order valence-electron chi connectivity index (χ1n) is 14.4. The van der Waals surface area contributed by atoms with E-state index in [1.807, 2.05) is 37.3 Å². The van der Waals surface area contributed by atoms with Crippen LogP contribution >= 0.6 is 11.3 Å². The summed E-state index contributed by atoms with van der Waals surface area (Å²) in [4.78, 5) is 44.6. The van der Waals surface area contributed by atoms with Crippen LogP contribution in [0.25, 0.3) is 11.8 Å². The number of rotatable bonds is 11. The lowest BCUT2D eigenvalue weighted by molar-refractivity contribution is -0.145. The van der Waals surface area contributed by atoms with Gasteiger partial charge in [0.1, 0.15) is 5.82 Å². The van der Waals surface area contributed by atoms with Gasteiger partial charge in [-0.3, -0.25) is 9.36 Å². The number of carbonyl (C=O) groups is 2. The van der Waals surface area contributed by atoms with Gasteiger partial charge in [-0.1, -0.05) is 59.9 Å². The quantitative estimate of drug-likeness (QED) is 0.226.